The van der Waals surface area contributed by atoms with Crippen molar-refractivity contribution >= 4 is 45.9 Å². The number of aryl methyl sites for hydroxylation is 1. The monoisotopic (exact) mass is 360 g/mol. The maximum atomic E-state index is 11.7. The zero-order chi connectivity index (χ0) is 17.5. The van der Waals surface area contributed by atoms with Crippen LogP contribution < -0.4 is 5.32 Å². The second kappa shape index (κ2) is 8.29. The molecule has 1 amide bonds. The summed E-state index contributed by atoms with van der Waals surface area (Å²) in [6.45, 7) is 1.45. The van der Waals surface area contributed by atoms with Crippen molar-refractivity contribution in [3.8, 4) is 6.07 Å². The standard InChI is InChI=1S/C17H13ClN2O3S/c1-11-2-3-12(8-14(11)18)4-5-16(22)23-10-15(21)20-17-13(9-19)6-7-24-17/h2-8H,10H2,1H3,(H,20,21)/b5-4+. The SMILES string of the molecule is Cc1ccc(/C=C/C(=O)OCC(=O)Nc2sccc2C#N)cc1Cl. The molecule has 7 heteroatoms. The minimum Gasteiger partial charge on any atom is -0.452 e. The van der Waals surface area contributed by atoms with E-state index >= 15 is 0 Å². The number of carbonyl (C=O) groups is 2. The van der Waals surface area contributed by atoms with Gasteiger partial charge in [-0.05, 0) is 41.6 Å². The van der Waals surface area contributed by atoms with Gasteiger partial charge in [0.25, 0.3) is 5.91 Å². The van der Waals surface area contributed by atoms with E-state index in [9.17, 15) is 9.59 Å². The van der Waals surface area contributed by atoms with Crippen molar-refractivity contribution in [2.75, 3.05) is 11.9 Å². The molecule has 122 valence electrons. The van der Waals surface area contributed by atoms with Gasteiger partial charge >= 0.3 is 5.97 Å². The third-order valence-electron chi connectivity index (χ3n) is 2.99. The Bertz CT molecular complexity index is 837. The first-order valence-corrected chi connectivity index (χ1v) is 8.14. The molecule has 5 nitrogen and oxygen atoms in total. The van der Waals surface area contributed by atoms with Gasteiger partial charge < -0.3 is 10.1 Å². The maximum absolute atomic E-state index is 11.7. The van der Waals surface area contributed by atoms with Crippen molar-refractivity contribution in [1.82, 2.24) is 0 Å². The van der Waals surface area contributed by atoms with Crippen LogP contribution in [0.5, 0.6) is 0 Å². The molecular weight excluding hydrogens is 348 g/mol. The number of ether oxygens (including phenoxy) is 1. The van der Waals surface area contributed by atoms with E-state index < -0.39 is 18.5 Å². The van der Waals surface area contributed by atoms with Gasteiger partial charge in [0.15, 0.2) is 6.61 Å². The summed E-state index contributed by atoms with van der Waals surface area (Å²) < 4.78 is 4.85. The van der Waals surface area contributed by atoms with Crippen molar-refractivity contribution in [2.24, 2.45) is 0 Å². The normalized spacial score (nSPS) is 10.4. The lowest BCUT2D eigenvalue weighted by molar-refractivity contribution is -0.142. The predicted octanol–water partition coefficient (Wildman–Crippen LogP) is 3.78. The highest BCUT2D eigenvalue weighted by atomic mass is 35.5. The highest BCUT2D eigenvalue weighted by Gasteiger charge is 2.09. The topological polar surface area (TPSA) is 79.2 Å². The van der Waals surface area contributed by atoms with Crippen molar-refractivity contribution in [1.29, 1.82) is 5.26 Å². The lowest BCUT2D eigenvalue weighted by atomic mass is 10.1. The summed E-state index contributed by atoms with van der Waals surface area (Å²) in [5.74, 6) is -1.15. The smallest absolute Gasteiger partial charge is 0.331 e. The number of amides is 1. The van der Waals surface area contributed by atoms with E-state index in [0.717, 1.165) is 11.1 Å². The van der Waals surface area contributed by atoms with E-state index in [-0.39, 0.29) is 0 Å². The number of anilines is 1. The molecule has 0 saturated carbocycles. The molecule has 1 heterocycles. The second-order valence-corrected chi connectivity index (χ2v) is 6.10. The Morgan fingerprint density at radius 2 is 2.21 bits per heavy atom. The van der Waals surface area contributed by atoms with Crippen molar-refractivity contribution in [2.45, 2.75) is 6.92 Å². The number of nitrogens with one attached hydrogen (secondary N) is 1. The molecular formula is C17H13ClN2O3S. The Morgan fingerprint density at radius 3 is 2.92 bits per heavy atom. The van der Waals surface area contributed by atoms with Gasteiger partial charge in [-0.3, -0.25) is 4.79 Å². The Balaban J connectivity index is 1.84. The van der Waals surface area contributed by atoms with Gasteiger partial charge in [0.2, 0.25) is 0 Å². The van der Waals surface area contributed by atoms with Crippen LogP contribution in [0.1, 0.15) is 16.7 Å². The van der Waals surface area contributed by atoms with Crippen LogP contribution in [-0.4, -0.2) is 18.5 Å². The third kappa shape index (κ3) is 4.95. The van der Waals surface area contributed by atoms with E-state index in [2.05, 4.69) is 5.32 Å². The van der Waals surface area contributed by atoms with Gasteiger partial charge in [-0.15, -0.1) is 11.3 Å². The average Bonchev–Trinajstić information content (AvgIpc) is 3.01. The van der Waals surface area contributed by atoms with E-state index in [1.54, 1.807) is 23.6 Å². The van der Waals surface area contributed by atoms with Crippen LogP contribution in [0.4, 0.5) is 5.00 Å². The summed E-state index contributed by atoms with van der Waals surface area (Å²) in [6, 6.07) is 8.95. The molecule has 0 saturated heterocycles. The van der Waals surface area contributed by atoms with E-state index in [4.69, 9.17) is 21.6 Å². The number of carbonyl (C=O) groups excluding carboxylic acids is 2. The number of esters is 1. The molecule has 2 aromatic rings. The quantitative estimate of drug-likeness (QED) is 0.650. The van der Waals surface area contributed by atoms with E-state index in [0.29, 0.717) is 15.6 Å². The fourth-order valence-corrected chi connectivity index (χ4v) is 2.66. The number of hydrogen-bond acceptors (Lipinski definition) is 5. The number of thiophene rings is 1. The van der Waals surface area contributed by atoms with Crippen molar-refractivity contribution < 1.29 is 14.3 Å². The van der Waals surface area contributed by atoms with Gasteiger partial charge in [-0.1, -0.05) is 23.7 Å². The summed E-state index contributed by atoms with van der Waals surface area (Å²) in [4.78, 5) is 23.3. The van der Waals surface area contributed by atoms with Crippen molar-refractivity contribution in [3.05, 3.63) is 57.4 Å². The molecule has 1 aromatic carbocycles. The summed E-state index contributed by atoms with van der Waals surface area (Å²) in [5, 5.41) is 14.1. The fraction of sp³-hybridized carbons (Fsp3) is 0.118. The molecule has 0 atom stereocenters. The summed E-state index contributed by atoms with van der Waals surface area (Å²) >= 11 is 7.22. The molecule has 0 spiro atoms. The van der Waals surface area contributed by atoms with Gasteiger partial charge in [0.1, 0.15) is 11.1 Å². The summed E-state index contributed by atoms with van der Waals surface area (Å²) in [6.07, 6.45) is 2.78. The first-order chi connectivity index (χ1) is 11.5. The van der Waals surface area contributed by atoms with Crippen LogP contribution >= 0.6 is 22.9 Å². The molecule has 1 N–H and O–H groups in total. The zero-order valence-corrected chi connectivity index (χ0v) is 14.3. The molecule has 1 aromatic heterocycles. The Labute approximate surface area is 148 Å². The molecule has 0 bridgehead atoms. The van der Waals surface area contributed by atoms with Crippen LogP contribution in [0.2, 0.25) is 5.02 Å². The molecule has 0 radical (unpaired) electrons. The molecule has 0 aliphatic carbocycles. The summed E-state index contributed by atoms with van der Waals surface area (Å²) in [7, 11) is 0. The third-order valence-corrected chi connectivity index (χ3v) is 4.23. The molecule has 0 unspecified atom stereocenters. The molecule has 24 heavy (non-hydrogen) atoms. The highest BCUT2D eigenvalue weighted by Crippen LogP contribution is 2.21. The predicted molar refractivity (Wildman–Crippen MR) is 93.8 cm³/mol. The maximum Gasteiger partial charge on any atom is 0.331 e. The van der Waals surface area contributed by atoms with Crippen LogP contribution in [0.25, 0.3) is 6.08 Å². The largest absolute Gasteiger partial charge is 0.452 e. The van der Waals surface area contributed by atoms with Gasteiger partial charge in [0, 0.05) is 11.1 Å². The van der Waals surface area contributed by atoms with E-state index in [1.165, 1.54) is 17.4 Å². The molecule has 0 fully saturated rings. The summed E-state index contributed by atoms with van der Waals surface area (Å²) in [5.41, 5.74) is 2.07. The number of nitriles is 1. The lowest BCUT2D eigenvalue weighted by Crippen LogP contribution is -2.19. The number of benzene rings is 1. The fourth-order valence-electron chi connectivity index (χ4n) is 1.72. The van der Waals surface area contributed by atoms with Gasteiger partial charge in [0.05, 0.1) is 5.56 Å². The Hall–Kier alpha value is -2.62. The minimum absolute atomic E-state index is 0.371. The van der Waals surface area contributed by atoms with Crippen LogP contribution in [0, 0.1) is 18.3 Å². The second-order valence-electron chi connectivity index (χ2n) is 4.77. The Kier molecular flexibility index (Phi) is 6.13. The first kappa shape index (κ1) is 17.7. The molecule has 0 aliphatic rings. The minimum atomic E-state index is -0.645. The van der Waals surface area contributed by atoms with Crippen LogP contribution in [-0.2, 0) is 14.3 Å². The first-order valence-electron chi connectivity index (χ1n) is 6.88. The average molecular weight is 361 g/mol. The number of nitrogens with zero attached hydrogens (tertiary/aromatic N) is 1. The van der Waals surface area contributed by atoms with Crippen LogP contribution in [0.3, 0.4) is 0 Å². The van der Waals surface area contributed by atoms with Crippen molar-refractivity contribution in [3.63, 3.8) is 0 Å². The van der Waals surface area contributed by atoms with Gasteiger partial charge in [-0.25, -0.2) is 4.79 Å². The van der Waals surface area contributed by atoms with E-state index in [1.807, 2.05) is 25.1 Å². The highest BCUT2D eigenvalue weighted by molar-refractivity contribution is 7.14. The number of rotatable bonds is 5. The van der Waals surface area contributed by atoms with Crippen LogP contribution in [0.15, 0.2) is 35.7 Å². The Morgan fingerprint density at radius 1 is 1.42 bits per heavy atom. The molecule has 2 rings (SSSR count). The number of hydrogen-bond donors (Lipinski definition) is 1. The lowest BCUT2D eigenvalue weighted by Gasteiger charge is -2.03. The molecule has 0 aliphatic heterocycles. The van der Waals surface area contributed by atoms with Gasteiger partial charge in [-0.2, -0.15) is 5.26 Å². The number of halogens is 1. The zero-order valence-electron chi connectivity index (χ0n) is 12.7.